The number of carbonyl (C=O) groups excluding carboxylic acids is 1. The van der Waals surface area contributed by atoms with Crippen LogP contribution in [0.5, 0.6) is 0 Å². The average molecular weight is 429 g/mol. The lowest BCUT2D eigenvalue weighted by molar-refractivity contribution is -0.125. The van der Waals surface area contributed by atoms with Gasteiger partial charge in [-0.3, -0.25) is 14.8 Å². The molecule has 29 heavy (non-hydrogen) atoms. The molecule has 0 unspecified atom stereocenters. The van der Waals surface area contributed by atoms with Gasteiger partial charge in [0.05, 0.1) is 17.1 Å². The van der Waals surface area contributed by atoms with Crippen LogP contribution in [-0.2, 0) is 11.2 Å². The zero-order valence-electron chi connectivity index (χ0n) is 15.9. The van der Waals surface area contributed by atoms with Gasteiger partial charge >= 0.3 is 0 Å². The Morgan fingerprint density at radius 1 is 1.00 bits per heavy atom. The van der Waals surface area contributed by atoms with Gasteiger partial charge in [-0.2, -0.15) is 0 Å². The van der Waals surface area contributed by atoms with Crippen LogP contribution in [0.4, 0.5) is 0 Å². The summed E-state index contributed by atoms with van der Waals surface area (Å²) in [7, 11) is 0. The molecule has 1 fully saturated rings. The summed E-state index contributed by atoms with van der Waals surface area (Å²) in [5.41, 5.74) is 5.39. The first-order chi connectivity index (χ1) is 14.1. The monoisotopic (exact) mass is 428 g/mol. The molecule has 1 aromatic heterocycles. The normalized spacial score (nSPS) is 14.7. The molecule has 150 valence electrons. The van der Waals surface area contributed by atoms with Crippen LogP contribution in [0.1, 0.15) is 25.0 Å². The second-order valence-electron chi connectivity index (χ2n) is 7.14. The Morgan fingerprint density at radius 2 is 1.72 bits per heavy atom. The third-order valence-electron chi connectivity index (χ3n) is 4.96. The number of benzene rings is 2. The molecule has 5 nitrogen and oxygen atoms in total. The third kappa shape index (κ3) is 4.81. The van der Waals surface area contributed by atoms with Crippen molar-refractivity contribution in [3.05, 3.63) is 70.5 Å². The fourth-order valence-corrected chi connectivity index (χ4v) is 3.88. The maximum absolute atomic E-state index is 12.5. The maximum atomic E-state index is 12.5. The molecule has 0 spiro atoms. The van der Waals surface area contributed by atoms with E-state index in [1.807, 2.05) is 64.3 Å². The van der Waals surface area contributed by atoms with E-state index in [1.54, 1.807) is 0 Å². The Kier molecular flexibility index (Phi) is 6.19. The number of nitrogens with zero attached hydrogens (tertiary/aromatic N) is 3. The molecule has 0 bridgehead atoms. The van der Waals surface area contributed by atoms with E-state index in [4.69, 9.17) is 28.2 Å². The van der Waals surface area contributed by atoms with E-state index >= 15 is 0 Å². The molecule has 0 aliphatic carbocycles. The zero-order valence-corrected chi connectivity index (χ0v) is 17.5. The van der Waals surface area contributed by atoms with Crippen LogP contribution in [-0.4, -0.2) is 33.6 Å². The van der Waals surface area contributed by atoms with E-state index in [9.17, 15) is 4.79 Å². The molecular formula is C22H22Cl2N4O. The number of hydrogen-bond donors (Lipinski definition) is 1. The largest absolute Gasteiger partial charge is 0.299 e. The minimum Gasteiger partial charge on any atom is -0.299 e. The molecule has 0 atom stereocenters. The van der Waals surface area contributed by atoms with Gasteiger partial charge in [0, 0.05) is 35.6 Å². The number of rotatable bonds is 5. The highest BCUT2D eigenvalue weighted by atomic mass is 35.5. The molecule has 1 aliphatic heterocycles. The molecule has 1 amide bonds. The van der Waals surface area contributed by atoms with Crippen LogP contribution in [0.15, 0.2) is 54.7 Å². The predicted molar refractivity (Wildman–Crippen MR) is 116 cm³/mol. The Balaban J connectivity index is 1.63. The summed E-state index contributed by atoms with van der Waals surface area (Å²) in [5, 5.41) is 3.27. The predicted octanol–water partition coefficient (Wildman–Crippen LogP) is 4.91. The lowest BCUT2D eigenvalue weighted by Crippen LogP contribution is -2.45. The molecule has 1 N–H and O–H groups in total. The van der Waals surface area contributed by atoms with Crippen LogP contribution in [0.2, 0.25) is 10.0 Å². The molecule has 4 rings (SSSR count). The van der Waals surface area contributed by atoms with Gasteiger partial charge in [0.1, 0.15) is 5.82 Å². The Labute approximate surface area is 180 Å². The first-order valence-corrected chi connectivity index (χ1v) is 10.5. The number of hydrazine groups is 1. The molecular weight excluding hydrogens is 407 g/mol. The first-order valence-electron chi connectivity index (χ1n) is 9.74. The fraction of sp³-hybridized carbons (Fsp3) is 0.273. The second kappa shape index (κ2) is 8.99. The number of imidazole rings is 1. The number of halogens is 2. The summed E-state index contributed by atoms with van der Waals surface area (Å²) in [6.07, 6.45) is 5.54. The Morgan fingerprint density at radius 3 is 2.45 bits per heavy atom. The van der Waals surface area contributed by atoms with Crippen molar-refractivity contribution in [2.45, 2.75) is 25.7 Å². The lowest BCUT2D eigenvalue weighted by Gasteiger charge is -2.26. The summed E-state index contributed by atoms with van der Waals surface area (Å²) in [6, 6.07) is 15.1. The zero-order chi connectivity index (χ0) is 20.2. The van der Waals surface area contributed by atoms with Gasteiger partial charge in [0.25, 0.3) is 0 Å². The van der Waals surface area contributed by atoms with Crippen molar-refractivity contribution in [1.29, 1.82) is 0 Å². The number of amides is 1. The van der Waals surface area contributed by atoms with Gasteiger partial charge in [0.2, 0.25) is 5.91 Å². The van der Waals surface area contributed by atoms with E-state index in [0.29, 0.717) is 21.6 Å². The minimum absolute atomic E-state index is 0.0571. The molecule has 3 aromatic rings. The van der Waals surface area contributed by atoms with Crippen molar-refractivity contribution in [3.63, 3.8) is 0 Å². The topological polar surface area (TPSA) is 50.2 Å². The van der Waals surface area contributed by atoms with Crippen LogP contribution in [0.3, 0.4) is 0 Å². The quantitative estimate of drug-likeness (QED) is 0.628. The number of piperidine rings is 1. The van der Waals surface area contributed by atoms with Crippen molar-refractivity contribution >= 4 is 29.1 Å². The van der Waals surface area contributed by atoms with Gasteiger partial charge in [-0.25, -0.2) is 9.99 Å². The summed E-state index contributed by atoms with van der Waals surface area (Å²) < 4.78 is 1.95. The third-order valence-corrected chi connectivity index (χ3v) is 5.54. The fourth-order valence-electron chi connectivity index (χ4n) is 3.53. The number of hydrogen-bond acceptors (Lipinski definition) is 3. The van der Waals surface area contributed by atoms with Gasteiger partial charge in [-0.15, -0.1) is 0 Å². The summed E-state index contributed by atoms with van der Waals surface area (Å²) in [5.74, 6) is 0.636. The lowest BCUT2D eigenvalue weighted by atomic mass is 10.2. The van der Waals surface area contributed by atoms with Gasteiger partial charge < -0.3 is 0 Å². The minimum atomic E-state index is -0.0571. The van der Waals surface area contributed by atoms with Crippen molar-refractivity contribution in [2.24, 2.45) is 0 Å². The SMILES string of the molecule is O=C(Cc1cn(-c2ccc(Cl)cc2)c(-c2ccccc2Cl)n1)NN1CCCCC1. The van der Waals surface area contributed by atoms with E-state index in [2.05, 4.69) is 5.43 Å². The number of nitrogens with one attached hydrogen (secondary N) is 1. The summed E-state index contributed by atoms with van der Waals surface area (Å²) >= 11 is 12.5. The molecule has 0 radical (unpaired) electrons. The Bertz CT molecular complexity index is 994. The highest BCUT2D eigenvalue weighted by molar-refractivity contribution is 6.33. The van der Waals surface area contributed by atoms with E-state index in [1.165, 1.54) is 6.42 Å². The molecule has 7 heteroatoms. The number of aromatic nitrogens is 2. The standard InChI is InChI=1S/C22H22Cl2N4O/c23-16-8-10-18(11-9-16)28-15-17(14-21(29)26-27-12-4-1-5-13-27)25-22(28)19-6-2-3-7-20(19)24/h2-3,6-11,15H,1,4-5,12-14H2,(H,26,29). The first kappa shape index (κ1) is 20.0. The highest BCUT2D eigenvalue weighted by Crippen LogP contribution is 2.29. The summed E-state index contributed by atoms with van der Waals surface area (Å²) in [4.78, 5) is 17.3. The van der Waals surface area contributed by atoms with Crippen molar-refractivity contribution < 1.29 is 4.79 Å². The molecule has 2 aromatic carbocycles. The highest BCUT2D eigenvalue weighted by Gasteiger charge is 2.18. The molecule has 0 saturated carbocycles. The average Bonchev–Trinajstić information content (AvgIpc) is 3.13. The van der Waals surface area contributed by atoms with Gasteiger partial charge in [0.15, 0.2) is 0 Å². The van der Waals surface area contributed by atoms with E-state index in [-0.39, 0.29) is 12.3 Å². The summed E-state index contributed by atoms with van der Waals surface area (Å²) in [6.45, 7) is 1.80. The van der Waals surface area contributed by atoms with Crippen molar-refractivity contribution in [3.8, 4) is 17.1 Å². The van der Waals surface area contributed by atoms with Crippen LogP contribution in [0, 0.1) is 0 Å². The number of carbonyl (C=O) groups is 1. The van der Waals surface area contributed by atoms with Gasteiger partial charge in [-0.05, 0) is 49.2 Å². The molecule has 1 aliphatic rings. The van der Waals surface area contributed by atoms with Crippen LogP contribution in [0.25, 0.3) is 17.1 Å². The molecule has 1 saturated heterocycles. The molecule has 2 heterocycles. The van der Waals surface area contributed by atoms with Crippen LogP contribution < -0.4 is 5.43 Å². The Hall–Kier alpha value is -2.34. The van der Waals surface area contributed by atoms with Crippen LogP contribution >= 0.6 is 23.2 Å². The van der Waals surface area contributed by atoms with Gasteiger partial charge in [-0.1, -0.05) is 41.8 Å². The van der Waals surface area contributed by atoms with Crippen molar-refractivity contribution in [2.75, 3.05) is 13.1 Å². The van der Waals surface area contributed by atoms with Crippen molar-refractivity contribution in [1.82, 2.24) is 20.0 Å². The van der Waals surface area contributed by atoms with E-state index in [0.717, 1.165) is 37.2 Å². The van der Waals surface area contributed by atoms with E-state index < -0.39 is 0 Å². The smallest absolute Gasteiger partial charge is 0.240 e. The second-order valence-corrected chi connectivity index (χ2v) is 7.99. The maximum Gasteiger partial charge on any atom is 0.240 e.